The summed E-state index contributed by atoms with van der Waals surface area (Å²) < 4.78 is 5.53. The lowest BCUT2D eigenvalue weighted by Gasteiger charge is -2.25. The first-order chi connectivity index (χ1) is 8.03. The molecule has 1 saturated heterocycles. The standard InChI is InChI=1S/C13H26N2O2/c1-4-17-13(2,3)10-15-12(16)6-5-11-7-8-14-9-11/h11,14H,4-10H2,1-3H3,(H,15,16). The lowest BCUT2D eigenvalue weighted by molar-refractivity contribution is -0.123. The average Bonchev–Trinajstić information content (AvgIpc) is 2.76. The molecule has 1 unspecified atom stereocenters. The highest BCUT2D eigenvalue weighted by molar-refractivity contribution is 5.75. The molecule has 1 amide bonds. The summed E-state index contributed by atoms with van der Waals surface area (Å²) in [5, 5.41) is 6.26. The lowest BCUT2D eigenvalue weighted by Crippen LogP contribution is -2.40. The van der Waals surface area contributed by atoms with E-state index in [0.717, 1.165) is 19.5 Å². The second-order valence-corrected chi connectivity index (χ2v) is 5.37. The molecule has 100 valence electrons. The molecule has 1 rings (SSSR count). The number of nitrogens with one attached hydrogen (secondary N) is 2. The van der Waals surface area contributed by atoms with Crippen molar-refractivity contribution in [2.24, 2.45) is 5.92 Å². The maximum absolute atomic E-state index is 11.7. The number of carbonyl (C=O) groups is 1. The molecule has 0 saturated carbocycles. The first-order valence-electron chi connectivity index (χ1n) is 6.65. The van der Waals surface area contributed by atoms with Crippen molar-refractivity contribution in [2.75, 3.05) is 26.2 Å². The van der Waals surface area contributed by atoms with E-state index < -0.39 is 0 Å². The van der Waals surface area contributed by atoms with Crippen molar-refractivity contribution < 1.29 is 9.53 Å². The zero-order chi connectivity index (χ0) is 12.7. The van der Waals surface area contributed by atoms with Crippen LogP contribution in [-0.2, 0) is 9.53 Å². The second-order valence-electron chi connectivity index (χ2n) is 5.37. The van der Waals surface area contributed by atoms with Crippen LogP contribution in [0.25, 0.3) is 0 Å². The Morgan fingerprint density at radius 2 is 2.29 bits per heavy atom. The lowest BCUT2D eigenvalue weighted by atomic mass is 10.0. The Hall–Kier alpha value is -0.610. The Bertz CT molecular complexity index is 236. The normalized spacial score (nSPS) is 20.5. The molecule has 1 atom stereocenters. The van der Waals surface area contributed by atoms with E-state index in [-0.39, 0.29) is 11.5 Å². The van der Waals surface area contributed by atoms with Gasteiger partial charge in [0.2, 0.25) is 5.91 Å². The number of hydrogen-bond donors (Lipinski definition) is 2. The van der Waals surface area contributed by atoms with Crippen LogP contribution in [0.15, 0.2) is 0 Å². The fraction of sp³-hybridized carbons (Fsp3) is 0.923. The molecule has 0 aromatic heterocycles. The summed E-state index contributed by atoms with van der Waals surface area (Å²) in [7, 11) is 0. The molecule has 0 aliphatic carbocycles. The number of rotatable bonds is 7. The van der Waals surface area contributed by atoms with E-state index in [4.69, 9.17) is 4.74 Å². The predicted octanol–water partition coefficient (Wildman–Crippen LogP) is 1.31. The molecule has 4 nitrogen and oxygen atoms in total. The third kappa shape index (κ3) is 6.03. The number of hydrogen-bond acceptors (Lipinski definition) is 3. The second kappa shape index (κ2) is 6.97. The van der Waals surface area contributed by atoms with E-state index in [9.17, 15) is 4.79 Å². The zero-order valence-corrected chi connectivity index (χ0v) is 11.3. The maximum Gasteiger partial charge on any atom is 0.220 e. The monoisotopic (exact) mass is 242 g/mol. The minimum Gasteiger partial charge on any atom is -0.374 e. The van der Waals surface area contributed by atoms with Crippen LogP contribution in [-0.4, -0.2) is 37.7 Å². The fourth-order valence-electron chi connectivity index (χ4n) is 2.14. The van der Waals surface area contributed by atoms with Gasteiger partial charge < -0.3 is 15.4 Å². The van der Waals surface area contributed by atoms with Gasteiger partial charge >= 0.3 is 0 Å². The molecule has 0 radical (unpaired) electrons. The Labute approximate surface area is 104 Å². The molecule has 17 heavy (non-hydrogen) atoms. The van der Waals surface area contributed by atoms with E-state index in [1.807, 2.05) is 20.8 Å². The van der Waals surface area contributed by atoms with Gasteiger partial charge in [0.15, 0.2) is 0 Å². The largest absolute Gasteiger partial charge is 0.374 e. The smallest absolute Gasteiger partial charge is 0.220 e. The number of carbonyl (C=O) groups excluding carboxylic acids is 1. The summed E-state index contributed by atoms with van der Waals surface area (Å²) in [6.07, 6.45) is 2.83. The van der Waals surface area contributed by atoms with Gasteiger partial charge in [0.05, 0.1) is 5.60 Å². The van der Waals surface area contributed by atoms with Crippen molar-refractivity contribution in [2.45, 2.75) is 45.6 Å². The third-order valence-corrected chi connectivity index (χ3v) is 3.19. The highest BCUT2D eigenvalue weighted by Crippen LogP contribution is 2.14. The molecule has 0 bridgehead atoms. The van der Waals surface area contributed by atoms with E-state index in [0.29, 0.717) is 25.5 Å². The third-order valence-electron chi connectivity index (χ3n) is 3.19. The van der Waals surface area contributed by atoms with Crippen molar-refractivity contribution in [3.8, 4) is 0 Å². The van der Waals surface area contributed by atoms with Gasteiger partial charge in [-0.1, -0.05) is 0 Å². The van der Waals surface area contributed by atoms with Crippen LogP contribution in [0.2, 0.25) is 0 Å². The Morgan fingerprint density at radius 1 is 1.53 bits per heavy atom. The van der Waals surface area contributed by atoms with Gasteiger partial charge in [-0.15, -0.1) is 0 Å². The molecule has 1 heterocycles. The number of ether oxygens (including phenoxy) is 1. The topological polar surface area (TPSA) is 50.4 Å². The van der Waals surface area contributed by atoms with Crippen LogP contribution in [0.1, 0.15) is 40.0 Å². The van der Waals surface area contributed by atoms with Crippen molar-refractivity contribution >= 4 is 5.91 Å². The SMILES string of the molecule is CCOC(C)(C)CNC(=O)CCC1CCNC1. The Kier molecular flexibility index (Phi) is 5.92. The summed E-state index contributed by atoms with van der Waals surface area (Å²) in [6.45, 7) is 9.40. The van der Waals surface area contributed by atoms with Crippen molar-refractivity contribution in [1.82, 2.24) is 10.6 Å². The summed E-state index contributed by atoms with van der Waals surface area (Å²) in [6, 6.07) is 0. The molecule has 4 heteroatoms. The summed E-state index contributed by atoms with van der Waals surface area (Å²) in [4.78, 5) is 11.7. The van der Waals surface area contributed by atoms with Gasteiger partial charge in [0.1, 0.15) is 0 Å². The van der Waals surface area contributed by atoms with E-state index in [1.165, 1.54) is 6.42 Å². The molecule has 0 aromatic rings. The van der Waals surface area contributed by atoms with E-state index in [1.54, 1.807) is 0 Å². The van der Waals surface area contributed by atoms with Gasteiger partial charge in [0.25, 0.3) is 0 Å². The predicted molar refractivity (Wildman–Crippen MR) is 68.9 cm³/mol. The summed E-state index contributed by atoms with van der Waals surface area (Å²) >= 11 is 0. The van der Waals surface area contributed by atoms with Crippen molar-refractivity contribution in [3.05, 3.63) is 0 Å². The maximum atomic E-state index is 11.7. The fourth-order valence-corrected chi connectivity index (χ4v) is 2.14. The van der Waals surface area contributed by atoms with Crippen molar-refractivity contribution in [1.29, 1.82) is 0 Å². The Morgan fingerprint density at radius 3 is 2.88 bits per heavy atom. The molecule has 0 aromatic carbocycles. The quantitative estimate of drug-likeness (QED) is 0.707. The highest BCUT2D eigenvalue weighted by atomic mass is 16.5. The van der Waals surface area contributed by atoms with Crippen molar-refractivity contribution in [3.63, 3.8) is 0 Å². The van der Waals surface area contributed by atoms with Gasteiger partial charge in [-0.25, -0.2) is 0 Å². The van der Waals surface area contributed by atoms with Crippen LogP contribution in [0.3, 0.4) is 0 Å². The minimum absolute atomic E-state index is 0.143. The molecule has 2 N–H and O–H groups in total. The highest BCUT2D eigenvalue weighted by Gasteiger charge is 2.19. The zero-order valence-electron chi connectivity index (χ0n) is 11.3. The molecule has 0 spiro atoms. The molecule has 1 fully saturated rings. The molecular weight excluding hydrogens is 216 g/mol. The number of amides is 1. The van der Waals surface area contributed by atoms with Gasteiger partial charge in [-0.3, -0.25) is 4.79 Å². The first kappa shape index (κ1) is 14.5. The minimum atomic E-state index is -0.265. The van der Waals surface area contributed by atoms with Crippen LogP contribution in [0, 0.1) is 5.92 Å². The molecule has 1 aliphatic heterocycles. The van der Waals surface area contributed by atoms with Crippen LogP contribution < -0.4 is 10.6 Å². The average molecular weight is 242 g/mol. The summed E-state index contributed by atoms with van der Waals surface area (Å²) in [5.41, 5.74) is -0.265. The molecule has 1 aliphatic rings. The first-order valence-corrected chi connectivity index (χ1v) is 6.65. The summed E-state index contributed by atoms with van der Waals surface area (Å²) in [5.74, 6) is 0.824. The van der Waals surface area contributed by atoms with Gasteiger partial charge in [0, 0.05) is 19.6 Å². The Balaban J connectivity index is 2.11. The van der Waals surface area contributed by atoms with E-state index >= 15 is 0 Å². The van der Waals surface area contributed by atoms with Crippen LogP contribution in [0.4, 0.5) is 0 Å². The van der Waals surface area contributed by atoms with E-state index in [2.05, 4.69) is 10.6 Å². The van der Waals surface area contributed by atoms with Crippen LogP contribution >= 0.6 is 0 Å². The molecular formula is C13H26N2O2. The van der Waals surface area contributed by atoms with Gasteiger partial charge in [-0.2, -0.15) is 0 Å². The van der Waals surface area contributed by atoms with Gasteiger partial charge in [-0.05, 0) is 52.6 Å². The van der Waals surface area contributed by atoms with Crippen LogP contribution in [0.5, 0.6) is 0 Å².